The summed E-state index contributed by atoms with van der Waals surface area (Å²) < 4.78 is 28.3. The van der Waals surface area contributed by atoms with Gasteiger partial charge >= 0.3 is 5.97 Å². The van der Waals surface area contributed by atoms with Gasteiger partial charge in [-0.3, -0.25) is 4.79 Å². The Hall–Kier alpha value is -3.75. The fourth-order valence-electron chi connectivity index (χ4n) is 5.87. The summed E-state index contributed by atoms with van der Waals surface area (Å²) in [7, 11) is 5.76. The zero-order chi connectivity index (χ0) is 25.7. The number of fused-ring (bicyclic) bond motifs is 4. The minimum absolute atomic E-state index is 0.163. The highest BCUT2D eigenvalue weighted by Crippen LogP contribution is 2.68. The summed E-state index contributed by atoms with van der Waals surface area (Å²) in [5, 5.41) is 24.5. The van der Waals surface area contributed by atoms with Crippen molar-refractivity contribution < 1.29 is 38.7 Å². The maximum absolute atomic E-state index is 13.5. The van der Waals surface area contributed by atoms with E-state index in [4.69, 9.17) is 23.7 Å². The molecule has 1 heterocycles. The van der Waals surface area contributed by atoms with Crippen LogP contribution in [0.4, 0.5) is 0 Å². The lowest BCUT2D eigenvalue weighted by Crippen LogP contribution is -2.54. The molecule has 2 N–H and O–H groups in total. The van der Waals surface area contributed by atoms with Crippen LogP contribution in [0.25, 0.3) is 0 Å². The number of hydrogen-bond acceptors (Lipinski definition) is 8. The fourth-order valence-corrected chi connectivity index (χ4v) is 5.87. The maximum atomic E-state index is 13.5. The van der Waals surface area contributed by atoms with Crippen molar-refractivity contribution in [1.82, 2.24) is 0 Å². The molecule has 1 aliphatic carbocycles. The molecule has 3 aromatic carbocycles. The predicted molar refractivity (Wildman–Crippen MR) is 129 cm³/mol. The van der Waals surface area contributed by atoms with Crippen LogP contribution in [0.2, 0.25) is 0 Å². The number of ether oxygens (including phenoxy) is 5. The highest BCUT2D eigenvalue weighted by Gasteiger charge is 2.76. The molecule has 8 heteroatoms. The molecule has 1 aliphatic heterocycles. The van der Waals surface area contributed by atoms with Gasteiger partial charge in [-0.2, -0.15) is 0 Å². The number of aliphatic hydroxyl groups is 2. The largest absolute Gasteiger partial charge is 0.497 e. The number of esters is 1. The van der Waals surface area contributed by atoms with Crippen molar-refractivity contribution in [3.63, 3.8) is 0 Å². The second-order valence-electron chi connectivity index (χ2n) is 8.94. The van der Waals surface area contributed by atoms with Crippen molar-refractivity contribution in [2.24, 2.45) is 5.92 Å². The SMILES string of the molecule is COC(=O)[C@@H]1[C@@H](c2ccccc2)C2(c3ccc(OC)cc3)Oc3cc(OC)cc(OC)c3C1(O)C2O. The second-order valence-corrected chi connectivity index (χ2v) is 8.94. The van der Waals surface area contributed by atoms with E-state index in [9.17, 15) is 15.0 Å². The minimum atomic E-state index is -2.11. The molecule has 0 amide bonds. The number of rotatable bonds is 6. The molecule has 0 radical (unpaired) electrons. The summed E-state index contributed by atoms with van der Waals surface area (Å²) in [6, 6.07) is 19.4. The van der Waals surface area contributed by atoms with Crippen LogP contribution in [0, 0.1) is 5.92 Å². The lowest BCUT2D eigenvalue weighted by Gasteiger charge is -2.45. The molecular formula is C28H28O8. The number of aliphatic hydroxyl groups excluding tert-OH is 1. The summed E-state index contributed by atoms with van der Waals surface area (Å²) in [6.45, 7) is 0. The van der Waals surface area contributed by atoms with E-state index in [0.29, 0.717) is 22.6 Å². The first-order valence-corrected chi connectivity index (χ1v) is 11.5. The minimum Gasteiger partial charge on any atom is -0.497 e. The van der Waals surface area contributed by atoms with Gasteiger partial charge in [-0.15, -0.1) is 0 Å². The van der Waals surface area contributed by atoms with Gasteiger partial charge in [0.25, 0.3) is 0 Å². The van der Waals surface area contributed by atoms with Crippen molar-refractivity contribution in [3.05, 3.63) is 83.4 Å². The summed E-state index contributed by atoms with van der Waals surface area (Å²) >= 11 is 0. The average molecular weight is 493 g/mol. The summed E-state index contributed by atoms with van der Waals surface area (Å²) in [6.07, 6.45) is -1.57. The van der Waals surface area contributed by atoms with Gasteiger partial charge in [-0.05, 0) is 23.3 Å². The van der Waals surface area contributed by atoms with Gasteiger partial charge in [0.15, 0.2) is 5.60 Å². The van der Waals surface area contributed by atoms with Crippen LogP contribution in [0.15, 0.2) is 66.7 Å². The molecule has 188 valence electrons. The van der Waals surface area contributed by atoms with Crippen LogP contribution in [0.3, 0.4) is 0 Å². The Bertz CT molecular complexity index is 1270. The second kappa shape index (κ2) is 8.72. The highest BCUT2D eigenvalue weighted by atomic mass is 16.5. The van der Waals surface area contributed by atoms with Crippen molar-refractivity contribution >= 4 is 5.97 Å². The first-order valence-electron chi connectivity index (χ1n) is 11.5. The Morgan fingerprint density at radius 2 is 1.56 bits per heavy atom. The Kier molecular flexibility index (Phi) is 5.81. The van der Waals surface area contributed by atoms with E-state index in [2.05, 4.69) is 0 Å². The van der Waals surface area contributed by atoms with E-state index in [1.54, 1.807) is 43.5 Å². The lowest BCUT2D eigenvalue weighted by molar-refractivity contribution is -0.172. The third-order valence-corrected chi connectivity index (χ3v) is 7.42. The molecule has 2 bridgehead atoms. The number of hydrogen-bond donors (Lipinski definition) is 2. The maximum Gasteiger partial charge on any atom is 0.312 e. The zero-order valence-corrected chi connectivity index (χ0v) is 20.4. The topological polar surface area (TPSA) is 104 Å². The van der Waals surface area contributed by atoms with Gasteiger partial charge in [0.05, 0.1) is 34.0 Å². The molecule has 3 aromatic rings. The van der Waals surface area contributed by atoms with E-state index >= 15 is 0 Å². The number of carbonyl (C=O) groups excluding carboxylic acids is 1. The molecular weight excluding hydrogens is 464 g/mol. The summed E-state index contributed by atoms with van der Waals surface area (Å²) in [5.74, 6) is -1.25. The first kappa shape index (κ1) is 24.0. The van der Waals surface area contributed by atoms with Crippen LogP contribution in [-0.4, -0.2) is 50.7 Å². The quantitative estimate of drug-likeness (QED) is 0.506. The van der Waals surface area contributed by atoms with Gasteiger partial charge in [0.1, 0.15) is 40.6 Å². The summed E-state index contributed by atoms with van der Waals surface area (Å²) in [5.41, 5.74) is -2.26. The van der Waals surface area contributed by atoms with E-state index in [1.807, 2.05) is 30.3 Å². The Morgan fingerprint density at radius 1 is 0.889 bits per heavy atom. The normalized spacial score (nSPS) is 28.0. The highest BCUT2D eigenvalue weighted by molar-refractivity contribution is 5.80. The molecule has 5 rings (SSSR count). The van der Waals surface area contributed by atoms with Gasteiger partial charge in [0, 0.05) is 18.1 Å². The Morgan fingerprint density at radius 3 is 2.14 bits per heavy atom. The Balaban J connectivity index is 1.89. The lowest BCUT2D eigenvalue weighted by atomic mass is 9.75. The number of methoxy groups -OCH3 is 4. The van der Waals surface area contributed by atoms with E-state index < -0.39 is 35.1 Å². The zero-order valence-electron chi connectivity index (χ0n) is 20.4. The van der Waals surface area contributed by atoms with Gasteiger partial charge in [0.2, 0.25) is 0 Å². The molecule has 8 nitrogen and oxygen atoms in total. The van der Waals surface area contributed by atoms with Crippen molar-refractivity contribution in [2.75, 3.05) is 28.4 Å². The van der Waals surface area contributed by atoms with Gasteiger partial charge < -0.3 is 33.9 Å². The molecule has 0 spiro atoms. The predicted octanol–water partition coefficient (Wildman–Crippen LogP) is 3.14. The van der Waals surface area contributed by atoms with Crippen LogP contribution in [-0.2, 0) is 20.7 Å². The molecule has 0 saturated heterocycles. The van der Waals surface area contributed by atoms with E-state index in [-0.39, 0.29) is 17.1 Å². The molecule has 36 heavy (non-hydrogen) atoms. The van der Waals surface area contributed by atoms with E-state index in [1.165, 1.54) is 21.3 Å². The number of benzene rings is 3. The van der Waals surface area contributed by atoms with Crippen LogP contribution >= 0.6 is 0 Å². The van der Waals surface area contributed by atoms with E-state index in [0.717, 1.165) is 0 Å². The molecule has 1 fully saturated rings. The van der Waals surface area contributed by atoms with Crippen LogP contribution in [0.1, 0.15) is 22.6 Å². The molecule has 0 aromatic heterocycles. The standard InChI is InChI=1S/C28H28O8/c1-32-18-12-10-17(11-13-18)28-22(16-8-6-5-7-9-16)24(25(29)35-4)27(31,26(28)30)23-20(34-3)14-19(33-2)15-21(23)36-28/h5-15,22,24,26,30-31H,1-4H3/t22-,24+,26?,27?,28?/m1/s1. The van der Waals surface area contributed by atoms with Crippen LogP contribution < -0.4 is 18.9 Å². The van der Waals surface area contributed by atoms with Crippen LogP contribution in [0.5, 0.6) is 23.0 Å². The number of carbonyl (C=O) groups is 1. The molecule has 1 saturated carbocycles. The Labute approximate surface area is 209 Å². The summed E-state index contributed by atoms with van der Waals surface area (Å²) in [4.78, 5) is 13.5. The van der Waals surface area contributed by atoms with Gasteiger partial charge in [-0.25, -0.2) is 0 Å². The molecule has 3 unspecified atom stereocenters. The smallest absolute Gasteiger partial charge is 0.312 e. The average Bonchev–Trinajstić information content (AvgIpc) is 3.05. The first-order chi connectivity index (χ1) is 17.4. The van der Waals surface area contributed by atoms with Crippen molar-refractivity contribution in [3.8, 4) is 23.0 Å². The fraction of sp³-hybridized carbons (Fsp3) is 0.321. The third-order valence-electron chi connectivity index (χ3n) is 7.42. The van der Waals surface area contributed by atoms with Crippen molar-refractivity contribution in [1.29, 1.82) is 0 Å². The molecule has 2 aliphatic rings. The third kappa shape index (κ3) is 3.11. The van der Waals surface area contributed by atoms with Gasteiger partial charge in [-0.1, -0.05) is 42.5 Å². The van der Waals surface area contributed by atoms with Crippen molar-refractivity contribution in [2.45, 2.75) is 23.2 Å². The molecule has 5 atom stereocenters. The monoisotopic (exact) mass is 492 g/mol.